The van der Waals surface area contributed by atoms with Crippen LogP contribution in [0.1, 0.15) is 18.1 Å². The third-order valence-electron chi connectivity index (χ3n) is 4.46. The molecule has 2 aromatic carbocycles. The second-order valence-corrected chi connectivity index (χ2v) is 7.07. The lowest BCUT2D eigenvalue weighted by Gasteiger charge is -2.25. The summed E-state index contributed by atoms with van der Waals surface area (Å²) in [6.45, 7) is -1.31. The zero-order valence-corrected chi connectivity index (χ0v) is 17.5. The van der Waals surface area contributed by atoms with Crippen LogP contribution in [0, 0.1) is 0 Å². The van der Waals surface area contributed by atoms with E-state index in [0.717, 1.165) is 12.1 Å². The van der Waals surface area contributed by atoms with E-state index in [4.69, 9.17) is 16.3 Å². The SMILES string of the molecule is COc1cc(CN(C)C(C)C(=O)Nc2ccc(Cl)cc2C(F)(F)F)ccc1OC(F)F. The van der Waals surface area contributed by atoms with Crippen molar-refractivity contribution in [3.8, 4) is 11.5 Å². The molecule has 2 rings (SSSR count). The maximum absolute atomic E-state index is 13.2. The van der Waals surface area contributed by atoms with Crippen LogP contribution in [0.5, 0.6) is 11.5 Å². The van der Waals surface area contributed by atoms with Crippen molar-refractivity contribution in [3.63, 3.8) is 0 Å². The Morgan fingerprint density at radius 1 is 1.16 bits per heavy atom. The first-order valence-corrected chi connectivity index (χ1v) is 9.29. The van der Waals surface area contributed by atoms with Crippen molar-refractivity contribution in [1.29, 1.82) is 0 Å². The predicted octanol–water partition coefficient (Wildman–Crippen LogP) is 5.43. The number of hydrogen-bond acceptors (Lipinski definition) is 4. The molecule has 0 spiro atoms. The minimum Gasteiger partial charge on any atom is -0.493 e. The topological polar surface area (TPSA) is 50.8 Å². The Hall–Kier alpha value is -2.59. The number of nitrogens with zero attached hydrogens (tertiary/aromatic N) is 1. The highest BCUT2D eigenvalue weighted by atomic mass is 35.5. The standard InChI is InChI=1S/C20H20ClF5N2O3/c1-11(18(29)27-15-6-5-13(21)9-14(15)20(24,25)26)28(2)10-12-4-7-16(31-19(22)23)17(8-12)30-3/h4-9,11,19H,10H2,1-3H3,(H,27,29). The summed E-state index contributed by atoms with van der Waals surface area (Å²) in [5.74, 6) is -0.726. The van der Waals surface area contributed by atoms with Gasteiger partial charge < -0.3 is 14.8 Å². The Balaban J connectivity index is 2.12. The number of rotatable bonds is 8. The summed E-state index contributed by atoms with van der Waals surface area (Å²) in [6.07, 6.45) is -4.69. The summed E-state index contributed by atoms with van der Waals surface area (Å²) in [7, 11) is 2.88. The number of halogens is 6. The van der Waals surface area contributed by atoms with Gasteiger partial charge in [0, 0.05) is 11.6 Å². The highest BCUT2D eigenvalue weighted by Gasteiger charge is 2.34. The van der Waals surface area contributed by atoms with Crippen molar-refractivity contribution < 1.29 is 36.2 Å². The van der Waals surface area contributed by atoms with Crippen LogP contribution in [0.2, 0.25) is 5.02 Å². The molecule has 0 aromatic heterocycles. The monoisotopic (exact) mass is 466 g/mol. The van der Waals surface area contributed by atoms with Crippen LogP contribution in [0.4, 0.5) is 27.6 Å². The van der Waals surface area contributed by atoms with Gasteiger partial charge in [-0.1, -0.05) is 17.7 Å². The van der Waals surface area contributed by atoms with E-state index in [1.54, 1.807) is 11.9 Å². The van der Waals surface area contributed by atoms with Crippen LogP contribution in [0.15, 0.2) is 36.4 Å². The lowest BCUT2D eigenvalue weighted by atomic mass is 10.1. The van der Waals surface area contributed by atoms with Gasteiger partial charge in [-0.3, -0.25) is 9.69 Å². The molecule has 0 bridgehead atoms. The number of hydrogen-bond donors (Lipinski definition) is 1. The third-order valence-corrected chi connectivity index (χ3v) is 4.70. The molecular weight excluding hydrogens is 447 g/mol. The van der Waals surface area contributed by atoms with Gasteiger partial charge in [0.05, 0.1) is 24.4 Å². The lowest BCUT2D eigenvalue weighted by Crippen LogP contribution is -2.39. The van der Waals surface area contributed by atoms with Gasteiger partial charge in [0.2, 0.25) is 5.91 Å². The van der Waals surface area contributed by atoms with Gasteiger partial charge in [-0.15, -0.1) is 0 Å². The molecule has 0 fully saturated rings. The summed E-state index contributed by atoms with van der Waals surface area (Å²) in [4.78, 5) is 14.1. The predicted molar refractivity (Wildman–Crippen MR) is 106 cm³/mol. The number of benzene rings is 2. The molecule has 31 heavy (non-hydrogen) atoms. The molecule has 0 heterocycles. The number of alkyl halides is 5. The molecule has 11 heteroatoms. The van der Waals surface area contributed by atoms with Gasteiger partial charge in [0.1, 0.15) is 0 Å². The number of amides is 1. The Bertz CT molecular complexity index is 924. The largest absolute Gasteiger partial charge is 0.493 e. The van der Waals surface area contributed by atoms with Gasteiger partial charge in [-0.05, 0) is 49.9 Å². The number of anilines is 1. The van der Waals surface area contributed by atoms with Crippen molar-refractivity contribution in [2.45, 2.75) is 32.3 Å². The average Bonchev–Trinajstić information content (AvgIpc) is 2.68. The third kappa shape index (κ3) is 6.70. The lowest BCUT2D eigenvalue weighted by molar-refractivity contribution is -0.137. The van der Waals surface area contributed by atoms with E-state index in [-0.39, 0.29) is 23.1 Å². The van der Waals surface area contributed by atoms with Crippen molar-refractivity contribution in [2.24, 2.45) is 0 Å². The number of ether oxygens (including phenoxy) is 2. The van der Waals surface area contributed by atoms with E-state index in [1.807, 2.05) is 0 Å². The normalized spacial score (nSPS) is 12.7. The van der Waals surface area contributed by atoms with Gasteiger partial charge in [-0.25, -0.2) is 0 Å². The second kappa shape index (κ2) is 10.1. The smallest absolute Gasteiger partial charge is 0.418 e. The first-order valence-electron chi connectivity index (χ1n) is 8.92. The second-order valence-electron chi connectivity index (χ2n) is 6.63. The number of nitrogens with one attached hydrogen (secondary N) is 1. The maximum Gasteiger partial charge on any atom is 0.418 e. The molecule has 2 aromatic rings. The van der Waals surface area contributed by atoms with Crippen LogP contribution in [0.25, 0.3) is 0 Å². The molecule has 1 unspecified atom stereocenters. The van der Waals surface area contributed by atoms with E-state index in [2.05, 4.69) is 10.1 Å². The molecule has 0 aliphatic carbocycles. The number of carbonyl (C=O) groups is 1. The molecule has 5 nitrogen and oxygen atoms in total. The summed E-state index contributed by atoms with van der Waals surface area (Å²) >= 11 is 5.64. The van der Waals surface area contributed by atoms with E-state index < -0.39 is 36.0 Å². The Morgan fingerprint density at radius 2 is 1.84 bits per heavy atom. The fourth-order valence-electron chi connectivity index (χ4n) is 2.73. The minimum atomic E-state index is -4.69. The van der Waals surface area contributed by atoms with E-state index in [1.165, 1.54) is 38.3 Å². The van der Waals surface area contributed by atoms with E-state index in [9.17, 15) is 26.7 Å². The molecule has 0 saturated carbocycles. The summed E-state index contributed by atoms with van der Waals surface area (Å²) in [5.41, 5.74) is -0.844. The van der Waals surface area contributed by atoms with Gasteiger partial charge in [-0.2, -0.15) is 22.0 Å². The fourth-order valence-corrected chi connectivity index (χ4v) is 2.90. The highest BCUT2D eigenvalue weighted by molar-refractivity contribution is 6.30. The van der Waals surface area contributed by atoms with Crippen LogP contribution in [-0.2, 0) is 17.5 Å². The maximum atomic E-state index is 13.2. The summed E-state index contributed by atoms with van der Waals surface area (Å²) < 4.78 is 73.9. The molecule has 170 valence electrons. The van der Waals surface area contributed by atoms with Gasteiger partial charge in [0.25, 0.3) is 0 Å². The van der Waals surface area contributed by atoms with Gasteiger partial charge in [0.15, 0.2) is 11.5 Å². The molecular formula is C20H20ClF5N2O3. The number of carbonyl (C=O) groups excluding carboxylic acids is 1. The molecule has 1 atom stereocenters. The molecule has 0 radical (unpaired) electrons. The summed E-state index contributed by atoms with van der Waals surface area (Å²) in [6, 6.07) is 6.55. The van der Waals surface area contributed by atoms with Crippen LogP contribution >= 0.6 is 11.6 Å². The zero-order chi connectivity index (χ0) is 23.3. The first kappa shape index (κ1) is 24.7. The van der Waals surface area contributed by atoms with Crippen LogP contribution in [0.3, 0.4) is 0 Å². The molecule has 0 aliphatic rings. The Morgan fingerprint density at radius 3 is 2.42 bits per heavy atom. The zero-order valence-electron chi connectivity index (χ0n) is 16.8. The molecule has 1 amide bonds. The van der Waals surface area contributed by atoms with Crippen LogP contribution < -0.4 is 14.8 Å². The quantitative estimate of drug-likeness (QED) is 0.527. The Kier molecular flexibility index (Phi) is 8.08. The van der Waals surface area contributed by atoms with E-state index >= 15 is 0 Å². The van der Waals surface area contributed by atoms with E-state index in [0.29, 0.717) is 5.56 Å². The first-order chi connectivity index (χ1) is 14.4. The fraction of sp³-hybridized carbons (Fsp3) is 0.350. The van der Waals surface area contributed by atoms with Crippen molar-refractivity contribution in [2.75, 3.05) is 19.5 Å². The number of likely N-dealkylation sites (N-methyl/N-ethyl adjacent to an activating group) is 1. The van der Waals surface area contributed by atoms with Crippen molar-refractivity contribution in [1.82, 2.24) is 4.90 Å². The highest BCUT2D eigenvalue weighted by Crippen LogP contribution is 2.36. The van der Waals surface area contributed by atoms with Crippen molar-refractivity contribution >= 4 is 23.2 Å². The number of methoxy groups -OCH3 is 1. The Labute approximate surface area is 180 Å². The molecule has 0 aliphatic heterocycles. The average molecular weight is 467 g/mol. The van der Waals surface area contributed by atoms with Crippen LogP contribution in [-0.4, -0.2) is 37.6 Å². The minimum absolute atomic E-state index is 0.0827. The summed E-state index contributed by atoms with van der Waals surface area (Å²) in [5, 5.41) is 2.17. The van der Waals surface area contributed by atoms with Gasteiger partial charge >= 0.3 is 12.8 Å². The van der Waals surface area contributed by atoms with Crippen molar-refractivity contribution in [3.05, 3.63) is 52.5 Å². The molecule has 0 saturated heterocycles. The molecule has 1 N–H and O–H groups in total.